The number of nitrogens with zero attached hydrogens (tertiary/aromatic N) is 2. The predicted molar refractivity (Wildman–Crippen MR) is 154 cm³/mol. The summed E-state index contributed by atoms with van der Waals surface area (Å²) in [6, 6.07) is 32.1. The molecule has 0 fully saturated rings. The van der Waals surface area contributed by atoms with Crippen LogP contribution in [-0.2, 0) is 9.96 Å². The third kappa shape index (κ3) is 5.30. The number of hydrogen-bond donors (Lipinski definition) is 0. The molecular weight excluding hydrogens is 456 g/mol. The molecule has 0 aliphatic heterocycles. The first-order valence-electron chi connectivity index (χ1n) is 12.8. The molecule has 1 aromatic heterocycles. The standard InChI is InChI=1S/C32H38N2OSi/c1-31(2,3)36(4,5)35-24-16-15-23-30-25-34(26-33-30)32(27-17-9-6-10-18-27,28-19-11-7-12-20-28)29-21-13-8-14-22-29/h6-15,17-23,25-26H,16,24H2,1-5H3/b23-15-. The Morgan fingerprint density at radius 3 is 1.69 bits per heavy atom. The van der Waals surface area contributed by atoms with Crippen LogP contribution in [0, 0.1) is 0 Å². The lowest BCUT2D eigenvalue weighted by molar-refractivity contribution is 0.294. The fourth-order valence-electron chi connectivity index (χ4n) is 4.40. The summed E-state index contributed by atoms with van der Waals surface area (Å²) in [4.78, 5) is 4.79. The summed E-state index contributed by atoms with van der Waals surface area (Å²) in [5.74, 6) is 0. The van der Waals surface area contributed by atoms with E-state index in [9.17, 15) is 0 Å². The van der Waals surface area contributed by atoms with Gasteiger partial charge in [0.05, 0.1) is 12.0 Å². The van der Waals surface area contributed by atoms with E-state index >= 15 is 0 Å². The molecule has 0 N–H and O–H groups in total. The van der Waals surface area contributed by atoms with Crippen molar-refractivity contribution in [2.45, 2.75) is 50.9 Å². The van der Waals surface area contributed by atoms with E-state index in [0.717, 1.165) is 18.7 Å². The maximum Gasteiger partial charge on any atom is 0.191 e. The first kappa shape index (κ1) is 25.9. The molecular formula is C32H38N2OSi. The number of aromatic nitrogens is 2. The van der Waals surface area contributed by atoms with Crippen LogP contribution in [0.5, 0.6) is 0 Å². The molecule has 0 spiro atoms. The zero-order valence-electron chi connectivity index (χ0n) is 22.2. The molecule has 0 bridgehead atoms. The molecule has 0 aliphatic carbocycles. The third-order valence-electron chi connectivity index (χ3n) is 7.41. The van der Waals surface area contributed by atoms with E-state index in [-0.39, 0.29) is 5.04 Å². The fourth-order valence-corrected chi connectivity index (χ4v) is 5.46. The van der Waals surface area contributed by atoms with E-state index in [1.165, 1.54) is 16.7 Å². The Morgan fingerprint density at radius 1 is 0.778 bits per heavy atom. The molecule has 0 atom stereocenters. The number of benzene rings is 3. The maximum absolute atomic E-state index is 6.33. The second kappa shape index (κ2) is 10.8. The normalized spacial score (nSPS) is 12.8. The van der Waals surface area contributed by atoms with Crippen molar-refractivity contribution in [3.8, 4) is 0 Å². The van der Waals surface area contributed by atoms with Gasteiger partial charge in [0.1, 0.15) is 5.54 Å². The average Bonchev–Trinajstić information content (AvgIpc) is 3.35. The van der Waals surface area contributed by atoms with Crippen LogP contribution in [0.4, 0.5) is 0 Å². The van der Waals surface area contributed by atoms with Gasteiger partial charge in [0, 0.05) is 12.8 Å². The first-order valence-corrected chi connectivity index (χ1v) is 15.7. The average molecular weight is 495 g/mol. The molecule has 1 heterocycles. The first-order chi connectivity index (χ1) is 17.2. The molecule has 3 nitrogen and oxygen atoms in total. The van der Waals surface area contributed by atoms with Gasteiger partial charge in [-0.1, -0.05) is 118 Å². The van der Waals surface area contributed by atoms with E-state index in [1.807, 2.05) is 6.33 Å². The summed E-state index contributed by atoms with van der Waals surface area (Å²) in [6.07, 6.45) is 9.27. The molecule has 0 unspecified atom stereocenters. The van der Waals surface area contributed by atoms with E-state index in [4.69, 9.17) is 9.41 Å². The molecule has 4 aromatic rings. The highest BCUT2D eigenvalue weighted by atomic mass is 28.4. The largest absolute Gasteiger partial charge is 0.417 e. The SMILES string of the molecule is CC(C)(C)[Si](C)(C)OCC/C=C\c1cn(C(c2ccccc2)(c2ccccc2)c2ccccc2)cn1. The van der Waals surface area contributed by atoms with E-state index in [2.05, 4.69) is 148 Å². The van der Waals surface area contributed by atoms with Crippen LogP contribution in [0.15, 0.2) is 110 Å². The van der Waals surface area contributed by atoms with Crippen LogP contribution in [0.1, 0.15) is 49.6 Å². The summed E-state index contributed by atoms with van der Waals surface area (Å²) < 4.78 is 8.58. The topological polar surface area (TPSA) is 27.1 Å². The minimum atomic E-state index is -1.72. The number of hydrogen-bond acceptors (Lipinski definition) is 2. The van der Waals surface area contributed by atoms with Crippen molar-refractivity contribution in [3.05, 3.63) is 132 Å². The summed E-state index contributed by atoms with van der Waals surface area (Å²) in [5, 5.41) is 0.227. The lowest BCUT2D eigenvalue weighted by Gasteiger charge is -2.37. The smallest absolute Gasteiger partial charge is 0.191 e. The van der Waals surface area contributed by atoms with Crippen LogP contribution in [0.3, 0.4) is 0 Å². The number of rotatable bonds is 9. The van der Waals surface area contributed by atoms with Crippen molar-refractivity contribution in [3.63, 3.8) is 0 Å². The monoisotopic (exact) mass is 494 g/mol. The zero-order valence-corrected chi connectivity index (χ0v) is 23.2. The molecule has 0 amide bonds. The minimum absolute atomic E-state index is 0.227. The fraction of sp³-hybridized carbons (Fsp3) is 0.281. The van der Waals surface area contributed by atoms with Crippen molar-refractivity contribution in [1.29, 1.82) is 0 Å². The molecule has 36 heavy (non-hydrogen) atoms. The minimum Gasteiger partial charge on any atom is -0.417 e. The zero-order chi connectivity index (χ0) is 25.7. The van der Waals surface area contributed by atoms with Crippen molar-refractivity contribution in [1.82, 2.24) is 9.55 Å². The van der Waals surface area contributed by atoms with Gasteiger partial charge in [0.25, 0.3) is 0 Å². The summed E-state index contributed by atoms with van der Waals surface area (Å²) >= 11 is 0. The van der Waals surface area contributed by atoms with Crippen LogP contribution in [0.25, 0.3) is 6.08 Å². The Bertz CT molecular complexity index is 1160. The van der Waals surface area contributed by atoms with Gasteiger partial charge in [-0.2, -0.15) is 0 Å². The highest BCUT2D eigenvalue weighted by Gasteiger charge is 2.38. The molecule has 0 aliphatic rings. The molecule has 186 valence electrons. The van der Waals surface area contributed by atoms with Gasteiger partial charge >= 0.3 is 0 Å². The van der Waals surface area contributed by atoms with Crippen LogP contribution in [0.2, 0.25) is 18.1 Å². The summed E-state index contributed by atoms with van der Waals surface area (Å²) in [6.45, 7) is 12.2. The molecule has 0 saturated carbocycles. The Hall–Kier alpha value is -3.21. The Labute approximate surface area is 217 Å². The molecule has 0 saturated heterocycles. The molecule has 3 aromatic carbocycles. The molecule has 0 radical (unpaired) electrons. The van der Waals surface area contributed by atoms with Gasteiger partial charge in [-0.05, 0) is 47.3 Å². The van der Waals surface area contributed by atoms with E-state index < -0.39 is 13.9 Å². The van der Waals surface area contributed by atoms with Crippen molar-refractivity contribution in [2.75, 3.05) is 6.61 Å². The molecule has 4 heteroatoms. The summed E-state index contributed by atoms with van der Waals surface area (Å²) in [7, 11) is -1.72. The summed E-state index contributed by atoms with van der Waals surface area (Å²) in [5.41, 5.74) is 3.98. The maximum atomic E-state index is 6.33. The second-order valence-corrected chi connectivity index (χ2v) is 15.6. The van der Waals surface area contributed by atoms with Gasteiger partial charge in [-0.15, -0.1) is 0 Å². The van der Waals surface area contributed by atoms with E-state index in [0.29, 0.717) is 0 Å². The highest BCUT2D eigenvalue weighted by molar-refractivity contribution is 6.74. The van der Waals surface area contributed by atoms with Crippen LogP contribution >= 0.6 is 0 Å². The van der Waals surface area contributed by atoms with Gasteiger partial charge in [0.15, 0.2) is 8.32 Å². The van der Waals surface area contributed by atoms with Crippen molar-refractivity contribution >= 4 is 14.4 Å². The molecule has 4 rings (SSSR count). The Morgan fingerprint density at radius 2 is 1.25 bits per heavy atom. The lowest BCUT2D eigenvalue weighted by atomic mass is 9.77. The van der Waals surface area contributed by atoms with Gasteiger partial charge in [-0.25, -0.2) is 4.98 Å². The van der Waals surface area contributed by atoms with Crippen LogP contribution < -0.4 is 0 Å². The van der Waals surface area contributed by atoms with Crippen LogP contribution in [-0.4, -0.2) is 24.5 Å². The Balaban J connectivity index is 1.68. The highest BCUT2D eigenvalue weighted by Crippen LogP contribution is 2.41. The van der Waals surface area contributed by atoms with Gasteiger partial charge in [-0.3, -0.25) is 0 Å². The predicted octanol–water partition coefficient (Wildman–Crippen LogP) is 8.15. The quantitative estimate of drug-likeness (QED) is 0.133. The van der Waals surface area contributed by atoms with Gasteiger partial charge in [0.2, 0.25) is 0 Å². The number of imidazole rings is 1. The Kier molecular flexibility index (Phi) is 7.77. The lowest BCUT2D eigenvalue weighted by Crippen LogP contribution is -2.40. The van der Waals surface area contributed by atoms with Gasteiger partial charge < -0.3 is 8.99 Å². The van der Waals surface area contributed by atoms with Crippen molar-refractivity contribution in [2.24, 2.45) is 0 Å². The third-order valence-corrected chi connectivity index (χ3v) is 11.9. The second-order valence-electron chi connectivity index (χ2n) is 10.8. The van der Waals surface area contributed by atoms with Crippen molar-refractivity contribution < 1.29 is 4.43 Å². The van der Waals surface area contributed by atoms with E-state index in [1.54, 1.807) is 0 Å².